The number of pyridine rings is 1. The zero-order chi connectivity index (χ0) is 20.9. The molecule has 30 heavy (non-hydrogen) atoms. The van der Waals surface area contributed by atoms with Crippen molar-refractivity contribution in [2.45, 2.75) is 11.8 Å². The number of hydrogen-bond acceptors (Lipinski definition) is 5. The lowest BCUT2D eigenvalue weighted by Crippen LogP contribution is -2.14. The molecule has 0 saturated carbocycles. The second kappa shape index (κ2) is 6.70. The zero-order valence-corrected chi connectivity index (χ0v) is 17.1. The van der Waals surface area contributed by atoms with Gasteiger partial charge in [-0.1, -0.05) is 42.5 Å². The van der Waals surface area contributed by atoms with Gasteiger partial charge in [-0.15, -0.1) is 0 Å². The fraction of sp³-hybridized carbons (Fsp3) is 0.0909. The monoisotopic (exact) mass is 418 g/mol. The van der Waals surface area contributed by atoms with E-state index in [-0.39, 0.29) is 10.7 Å². The van der Waals surface area contributed by atoms with Gasteiger partial charge in [-0.2, -0.15) is 5.10 Å². The number of benzene rings is 2. The number of anilines is 1. The first-order valence-electron chi connectivity index (χ1n) is 9.32. The van der Waals surface area contributed by atoms with Crippen LogP contribution >= 0.6 is 0 Å². The van der Waals surface area contributed by atoms with Crippen LogP contribution in [0.4, 0.5) is 5.82 Å². The molecule has 0 aliphatic heterocycles. The maximum absolute atomic E-state index is 13.0. The third kappa shape index (κ3) is 3.02. The van der Waals surface area contributed by atoms with Crippen LogP contribution in [0.2, 0.25) is 0 Å². The molecule has 0 spiro atoms. The molecule has 0 unspecified atom stereocenters. The number of aryl methyl sites for hydroxylation is 2. The van der Waals surface area contributed by atoms with Crippen molar-refractivity contribution in [3.63, 3.8) is 0 Å². The van der Waals surface area contributed by atoms with E-state index < -0.39 is 10.0 Å². The van der Waals surface area contributed by atoms with Crippen LogP contribution in [0.1, 0.15) is 5.56 Å². The Morgan fingerprint density at radius 3 is 2.57 bits per heavy atom. The molecule has 0 saturated heterocycles. The van der Waals surface area contributed by atoms with Crippen LogP contribution in [0, 0.1) is 6.92 Å². The normalized spacial score (nSPS) is 11.9. The van der Waals surface area contributed by atoms with Gasteiger partial charge >= 0.3 is 0 Å². The summed E-state index contributed by atoms with van der Waals surface area (Å²) in [4.78, 5) is 4.76. The van der Waals surface area contributed by atoms with Gasteiger partial charge in [-0.25, -0.2) is 13.4 Å². The molecule has 150 valence electrons. The number of sulfonamides is 1. The standard InChI is InChI=1S/C22H18N4O3S/c1-14-7-3-4-8-16(14)18-11-20-21(17-9-5-6-10-19(17)29-20)22(24-18)25-30(27,28)15-12-23-26(2)13-15/h3-13H,1-2H3,(H,24,25). The van der Waals surface area contributed by atoms with E-state index >= 15 is 0 Å². The van der Waals surface area contributed by atoms with Crippen molar-refractivity contribution >= 4 is 37.8 Å². The molecule has 3 heterocycles. The summed E-state index contributed by atoms with van der Waals surface area (Å²) < 4.78 is 36.1. The predicted molar refractivity (Wildman–Crippen MR) is 116 cm³/mol. The Kier molecular flexibility index (Phi) is 4.11. The quantitative estimate of drug-likeness (QED) is 0.464. The molecule has 0 aliphatic carbocycles. The minimum atomic E-state index is -3.88. The van der Waals surface area contributed by atoms with E-state index in [0.717, 1.165) is 16.5 Å². The zero-order valence-electron chi connectivity index (χ0n) is 16.3. The summed E-state index contributed by atoms with van der Waals surface area (Å²) in [5.74, 6) is 0.222. The maximum atomic E-state index is 13.0. The van der Waals surface area contributed by atoms with E-state index in [4.69, 9.17) is 9.40 Å². The Morgan fingerprint density at radius 1 is 1.03 bits per heavy atom. The largest absolute Gasteiger partial charge is 0.456 e. The molecule has 0 bridgehead atoms. The number of para-hydroxylation sites is 1. The molecule has 3 aromatic heterocycles. The highest BCUT2D eigenvalue weighted by Gasteiger charge is 2.22. The lowest BCUT2D eigenvalue weighted by atomic mass is 10.0. The lowest BCUT2D eigenvalue weighted by Gasteiger charge is -2.10. The van der Waals surface area contributed by atoms with Gasteiger partial charge < -0.3 is 4.42 Å². The molecule has 5 aromatic rings. The van der Waals surface area contributed by atoms with Gasteiger partial charge in [-0.05, 0) is 18.6 Å². The minimum absolute atomic E-state index is 0.0639. The molecule has 8 heteroatoms. The molecule has 0 amide bonds. The van der Waals surface area contributed by atoms with Gasteiger partial charge in [-0.3, -0.25) is 9.40 Å². The molecule has 1 N–H and O–H groups in total. The lowest BCUT2D eigenvalue weighted by molar-refractivity contribution is 0.601. The number of hydrogen-bond donors (Lipinski definition) is 1. The van der Waals surface area contributed by atoms with Gasteiger partial charge in [0.2, 0.25) is 0 Å². The van der Waals surface area contributed by atoms with Crippen molar-refractivity contribution in [1.82, 2.24) is 14.8 Å². The molecule has 0 atom stereocenters. The Morgan fingerprint density at radius 2 is 1.80 bits per heavy atom. The van der Waals surface area contributed by atoms with Gasteiger partial charge in [0.05, 0.1) is 17.3 Å². The van der Waals surface area contributed by atoms with Crippen LogP contribution in [0.15, 0.2) is 76.3 Å². The van der Waals surface area contributed by atoms with E-state index in [0.29, 0.717) is 22.2 Å². The van der Waals surface area contributed by atoms with E-state index in [1.807, 2.05) is 61.5 Å². The van der Waals surface area contributed by atoms with Crippen LogP contribution in [0.3, 0.4) is 0 Å². The number of aromatic nitrogens is 3. The summed E-state index contributed by atoms with van der Waals surface area (Å²) in [6, 6.07) is 17.1. The minimum Gasteiger partial charge on any atom is -0.456 e. The Balaban J connectivity index is 1.77. The number of rotatable bonds is 4. The Hall–Kier alpha value is -3.65. The average Bonchev–Trinajstić information content (AvgIpc) is 3.32. The molecule has 0 fully saturated rings. The van der Waals surface area contributed by atoms with Crippen molar-refractivity contribution in [2.24, 2.45) is 7.05 Å². The highest BCUT2D eigenvalue weighted by molar-refractivity contribution is 7.92. The van der Waals surface area contributed by atoms with Gasteiger partial charge in [0.25, 0.3) is 10.0 Å². The highest BCUT2D eigenvalue weighted by Crippen LogP contribution is 2.37. The van der Waals surface area contributed by atoms with Gasteiger partial charge in [0.1, 0.15) is 16.1 Å². The van der Waals surface area contributed by atoms with Crippen molar-refractivity contribution in [2.75, 3.05) is 4.72 Å². The molecule has 7 nitrogen and oxygen atoms in total. The number of fused-ring (bicyclic) bond motifs is 3. The molecular formula is C22H18N4O3S. The van der Waals surface area contributed by atoms with E-state index in [1.165, 1.54) is 17.1 Å². The van der Waals surface area contributed by atoms with Crippen LogP contribution in [-0.4, -0.2) is 23.2 Å². The summed E-state index contributed by atoms with van der Waals surface area (Å²) in [5.41, 5.74) is 3.79. The maximum Gasteiger partial charge on any atom is 0.266 e. The van der Waals surface area contributed by atoms with Crippen molar-refractivity contribution < 1.29 is 12.8 Å². The van der Waals surface area contributed by atoms with Crippen molar-refractivity contribution in [3.05, 3.63) is 72.6 Å². The number of nitrogens with one attached hydrogen (secondary N) is 1. The molecule has 2 aromatic carbocycles. The second-order valence-electron chi connectivity index (χ2n) is 7.10. The summed E-state index contributed by atoms with van der Waals surface area (Å²) in [6.45, 7) is 1.99. The van der Waals surface area contributed by atoms with E-state index in [9.17, 15) is 8.42 Å². The summed E-state index contributed by atoms with van der Waals surface area (Å²) in [7, 11) is -2.21. The number of furan rings is 1. The SMILES string of the molecule is Cc1ccccc1-c1cc2oc3ccccc3c2c(NS(=O)(=O)c2cnn(C)c2)n1. The summed E-state index contributed by atoms with van der Waals surface area (Å²) in [6.07, 6.45) is 2.75. The van der Waals surface area contributed by atoms with Crippen LogP contribution in [0.5, 0.6) is 0 Å². The van der Waals surface area contributed by atoms with Crippen LogP contribution < -0.4 is 4.72 Å². The fourth-order valence-corrected chi connectivity index (χ4v) is 4.54. The van der Waals surface area contributed by atoms with E-state index in [1.54, 1.807) is 7.05 Å². The molecule has 0 aliphatic rings. The fourth-order valence-electron chi connectivity index (χ4n) is 3.54. The van der Waals surface area contributed by atoms with Crippen molar-refractivity contribution in [1.29, 1.82) is 0 Å². The highest BCUT2D eigenvalue weighted by atomic mass is 32.2. The first kappa shape index (κ1) is 18.4. The molecular weight excluding hydrogens is 400 g/mol. The van der Waals surface area contributed by atoms with Gasteiger partial charge in [0.15, 0.2) is 5.82 Å². The predicted octanol–water partition coefficient (Wildman–Crippen LogP) is 4.49. The topological polar surface area (TPSA) is 90.0 Å². The van der Waals surface area contributed by atoms with Gasteiger partial charge in [0, 0.05) is 30.3 Å². The third-order valence-electron chi connectivity index (χ3n) is 5.00. The smallest absolute Gasteiger partial charge is 0.266 e. The Bertz CT molecular complexity index is 1520. The van der Waals surface area contributed by atoms with E-state index in [2.05, 4.69) is 9.82 Å². The van der Waals surface area contributed by atoms with Crippen LogP contribution in [-0.2, 0) is 17.1 Å². The molecule has 0 radical (unpaired) electrons. The summed E-state index contributed by atoms with van der Waals surface area (Å²) >= 11 is 0. The summed E-state index contributed by atoms with van der Waals surface area (Å²) in [5, 5.41) is 5.37. The first-order chi connectivity index (χ1) is 14.4. The van der Waals surface area contributed by atoms with Crippen LogP contribution in [0.25, 0.3) is 33.2 Å². The average molecular weight is 418 g/mol. The third-order valence-corrected chi connectivity index (χ3v) is 6.30. The first-order valence-corrected chi connectivity index (χ1v) is 10.8. The second-order valence-corrected chi connectivity index (χ2v) is 8.78. The van der Waals surface area contributed by atoms with Crippen molar-refractivity contribution in [3.8, 4) is 11.3 Å². The Labute approximate surface area is 173 Å². The molecule has 5 rings (SSSR count). The number of nitrogens with zero attached hydrogens (tertiary/aromatic N) is 3.